The zero-order valence-electron chi connectivity index (χ0n) is 9.29. The largest absolute Gasteiger partial charge is 0.271 e. The van der Waals surface area contributed by atoms with Crippen molar-refractivity contribution in [2.24, 2.45) is 11.8 Å². The van der Waals surface area contributed by atoms with Gasteiger partial charge in [-0.05, 0) is 46.1 Å². The van der Waals surface area contributed by atoms with E-state index in [9.17, 15) is 0 Å². The molecule has 3 N–H and O–H groups in total. The quantitative estimate of drug-likeness (QED) is 0.623. The lowest BCUT2D eigenvalue weighted by Gasteiger charge is -2.22. The Labute approximate surface area is 104 Å². The zero-order valence-corrected chi connectivity index (χ0v) is 11.7. The molecule has 2 atom stereocenters. The van der Waals surface area contributed by atoms with Gasteiger partial charge in [-0.2, -0.15) is 0 Å². The second kappa shape index (κ2) is 6.63. The van der Waals surface area contributed by atoms with Crippen LogP contribution >= 0.6 is 27.3 Å². The number of rotatable bonds is 6. The highest BCUT2D eigenvalue weighted by Crippen LogP contribution is 2.26. The van der Waals surface area contributed by atoms with Crippen LogP contribution in [-0.2, 0) is 6.42 Å². The van der Waals surface area contributed by atoms with E-state index in [1.807, 2.05) is 0 Å². The predicted octanol–water partition coefficient (Wildman–Crippen LogP) is 3.32. The number of hydrogen-bond acceptors (Lipinski definition) is 3. The van der Waals surface area contributed by atoms with Crippen LogP contribution in [0.25, 0.3) is 0 Å². The molecule has 0 amide bonds. The molecule has 2 nitrogen and oxygen atoms in total. The summed E-state index contributed by atoms with van der Waals surface area (Å²) in [6.07, 6.45) is 3.44. The lowest BCUT2D eigenvalue weighted by Crippen LogP contribution is -2.41. The molecule has 0 fully saturated rings. The van der Waals surface area contributed by atoms with Crippen molar-refractivity contribution in [1.29, 1.82) is 0 Å². The van der Waals surface area contributed by atoms with Gasteiger partial charge in [0.1, 0.15) is 0 Å². The molecule has 0 radical (unpaired) electrons. The molecule has 0 aliphatic carbocycles. The summed E-state index contributed by atoms with van der Waals surface area (Å²) in [7, 11) is 0. The van der Waals surface area contributed by atoms with Gasteiger partial charge in [0, 0.05) is 15.4 Å². The highest BCUT2D eigenvalue weighted by atomic mass is 79.9. The average molecular weight is 291 g/mol. The van der Waals surface area contributed by atoms with Crippen molar-refractivity contribution >= 4 is 27.3 Å². The van der Waals surface area contributed by atoms with Crippen molar-refractivity contribution < 1.29 is 0 Å². The molecule has 0 spiro atoms. The Morgan fingerprint density at radius 1 is 1.60 bits per heavy atom. The maximum absolute atomic E-state index is 5.61. The summed E-state index contributed by atoms with van der Waals surface area (Å²) in [5.74, 6) is 6.23. The topological polar surface area (TPSA) is 38.0 Å². The fourth-order valence-electron chi connectivity index (χ4n) is 1.75. The molecular weight excluding hydrogens is 272 g/mol. The summed E-state index contributed by atoms with van der Waals surface area (Å²) in [4.78, 5) is 1.38. The molecule has 0 aromatic carbocycles. The Bertz CT molecular complexity index is 288. The standard InChI is InChI=1S/C11H19BrN2S/c1-3-4-8(2)10(14-13)7-11-9(12)5-6-15-11/h5-6,8,10,14H,3-4,7,13H2,1-2H3. The minimum Gasteiger partial charge on any atom is -0.271 e. The Kier molecular flexibility index (Phi) is 5.82. The Morgan fingerprint density at radius 2 is 2.33 bits per heavy atom. The molecule has 86 valence electrons. The minimum absolute atomic E-state index is 0.375. The lowest BCUT2D eigenvalue weighted by molar-refractivity contribution is 0.358. The number of hydrogen-bond donors (Lipinski definition) is 2. The smallest absolute Gasteiger partial charge is 0.0314 e. The van der Waals surface area contributed by atoms with Gasteiger partial charge in [-0.25, -0.2) is 0 Å². The second-order valence-electron chi connectivity index (χ2n) is 3.93. The number of halogens is 1. The van der Waals surface area contributed by atoms with E-state index in [1.165, 1.54) is 22.2 Å². The van der Waals surface area contributed by atoms with E-state index < -0.39 is 0 Å². The van der Waals surface area contributed by atoms with Crippen LogP contribution in [0, 0.1) is 5.92 Å². The van der Waals surface area contributed by atoms with Crippen molar-refractivity contribution in [3.63, 3.8) is 0 Å². The number of nitrogens with one attached hydrogen (secondary N) is 1. The normalized spacial score (nSPS) is 15.2. The van der Waals surface area contributed by atoms with Crippen molar-refractivity contribution in [1.82, 2.24) is 5.43 Å². The molecule has 0 saturated carbocycles. The van der Waals surface area contributed by atoms with Gasteiger partial charge in [0.15, 0.2) is 0 Å². The summed E-state index contributed by atoms with van der Waals surface area (Å²) >= 11 is 5.34. The van der Waals surface area contributed by atoms with Crippen LogP contribution in [0.2, 0.25) is 0 Å². The van der Waals surface area contributed by atoms with Crippen molar-refractivity contribution in [2.75, 3.05) is 0 Å². The van der Waals surface area contributed by atoms with Crippen molar-refractivity contribution in [2.45, 2.75) is 39.2 Å². The summed E-state index contributed by atoms with van der Waals surface area (Å²) in [6, 6.07) is 2.47. The molecule has 1 aromatic heterocycles. The summed E-state index contributed by atoms with van der Waals surface area (Å²) in [5, 5.41) is 2.11. The molecule has 1 aromatic rings. The van der Waals surface area contributed by atoms with Crippen LogP contribution in [0.15, 0.2) is 15.9 Å². The second-order valence-corrected chi connectivity index (χ2v) is 5.79. The van der Waals surface area contributed by atoms with E-state index in [-0.39, 0.29) is 0 Å². The number of nitrogens with two attached hydrogens (primary N) is 1. The van der Waals surface area contributed by atoms with Crippen LogP contribution < -0.4 is 11.3 Å². The molecule has 2 unspecified atom stereocenters. The van der Waals surface area contributed by atoms with Crippen LogP contribution in [-0.4, -0.2) is 6.04 Å². The van der Waals surface area contributed by atoms with Gasteiger partial charge < -0.3 is 0 Å². The Hall–Kier alpha value is 0.1000. The third-order valence-electron chi connectivity index (χ3n) is 2.74. The number of hydrazine groups is 1. The first-order chi connectivity index (χ1) is 7.19. The lowest BCUT2D eigenvalue weighted by atomic mass is 9.94. The first kappa shape index (κ1) is 13.2. The first-order valence-corrected chi connectivity index (χ1v) is 7.04. The molecule has 1 heterocycles. The van der Waals surface area contributed by atoms with Gasteiger partial charge in [-0.15, -0.1) is 11.3 Å². The fourth-order valence-corrected chi connectivity index (χ4v) is 3.33. The van der Waals surface area contributed by atoms with Crippen molar-refractivity contribution in [3.8, 4) is 0 Å². The van der Waals surface area contributed by atoms with E-state index in [1.54, 1.807) is 11.3 Å². The zero-order chi connectivity index (χ0) is 11.3. The highest BCUT2D eigenvalue weighted by molar-refractivity contribution is 9.10. The summed E-state index contributed by atoms with van der Waals surface area (Å²) < 4.78 is 1.21. The highest BCUT2D eigenvalue weighted by Gasteiger charge is 2.17. The predicted molar refractivity (Wildman–Crippen MR) is 70.9 cm³/mol. The van der Waals surface area contributed by atoms with Crippen LogP contribution in [0.3, 0.4) is 0 Å². The maximum Gasteiger partial charge on any atom is 0.0314 e. The van der Waals surface area contributed by atoms with Crippen LogP contribution in [0.1, 0.15) is 31.6 Å². The van der Waals surface area contributed by atoms with E-state index in [0.29, 0.717) is 12.0 Å². The maximum atomic E-state index is 5.61. The van der Waals surface area contributed by atoms with E-state index >= 15 is 0 Å². The van der Waals surface area contributed by atoms with Crippen molar-refractivity contribution in [3.05, 3.63) is 20.8 Å². The molecule has 0 saturated heterocycles. The third kappa shape index (κ3) is 3.87. The van der Waals surface area contributed by atoms with Crippen LogP contribution in [0.5, 0.6) is 0 Å². The Balaban J connectivity index is 2.57. The number of thiophene rings is 1. The average Bonchev–Trinajstić information content (AvgIpc) is 2.61. The SMILES string of the molecule is CCCC(C)C(Cc1sccc1Br)NN. The molecule has 0 aliphatic heterocycles. The molecule has 4 heteroatoms. The summed E-state index contributed by atoms with van der Waals surface area (Å²) in [6.45, 7) is 4.47. The monoisotopic (exact) mass is 290 g/mol. The Morgan fingerprint density at radius 3 is 2.80 bits per heavy atom. The van der Waals surface area contributed by atoms with Gasteiger partial charge in [0.05, 0.1) is 0 Å². The molecule has 15 heavy (non-hydrogen) atoms. The van der Waals surface area contributed by atoms with Gasteiger partial charge >= 0.3 is 0 Å². The fraction of sp³-hybridized carbons (Fsp3) is 0.636. The van der Waals surface area contributed by atoms with Crippen LogP contribution in [0.4, 0.5) is 0 Å². The minimum atomic E-state index is 0.375. The van der Waals surface area contributed by atoms with E-state index in [2.05, 4.69) is 46.6 Å². The first-order valence-electron chi connectivity index (χ1n) is 5.37. The molecular formula is C11H19BrN2S. The van der Waals surface area contributed by atoms with Gasteiger partial charge in [-0.3, -0.25) is 11.3 Å². The van der Waals surface area contributed by atoms with E-state index in [4.69, 9.17) is 5.84 Å². The summed E-state index contributed by atoms with van der Waals surface area (Å²) in [5.41, 5.74) is 2.94. The molecule has 0 aliphatic rings. The van der Waals surface area contributed by atoms with E-state index in [0.717, 1.165) is 6.42 Å². The third-order valence-corrected chi connectivity index (χ3v) is 4.69. The van der Waals surface area contributed by atoms with Gasteiger partial charge in [-0.1, -0.05) is 20.3 Å². The van der Waals surface area contributed by atoms with Gasteiger partial charge in [0.2, 0.25) is 0 Å². The molecule has 0 bridgehead atoms. The molecule has 1 rings (SSSR count). The van der Waals surface area contributed by atoms with Gasteiger partial charge in [0.25, 0.3) is 0 Å².